The van der Waals surface area contributed by atoms with Crippen molar-refractivity contribution in [2.24, 2.45) is 5.73 Å². The highest BCUT2D eigenvalue weighted by Gasteiger charge is 2.20. The number of rotatable bonds is 5. The highest BCUT2D eigenvalue weighted by molar-refractivity contribution is 5.88. The lowest BCUT2D eigenvalue weighted by molar-refractivity contribution is -0.125. The molecule has 0 aliphatic heterocycles. The maximum Gasteiger partial charge on any atom is 0.239 e. The number of anilines is 1. The van der Waals surface area contributed by atoms with Crippen molar-refractivity contribution in [3.8, 4) is 0 Å². The predicted molar refractivity (Wildman–Crippen MR) is 75.7 cm³/mol. The van der Waals surface area contributed by atoms with Gasteiger partial charge < -0.3 is 16.4 Å². The average molecular weight is 263 g/mol. The second-order valence-electron chi connectivity index (χ2n) is 5.11. The minimum atomic E-state index is -0.852. The van der Waals surface area contributed by atoms with E-state index in [2.05, 4.69) is 10.6 Å². The molecule has 0 spiro atoms. The van der Waals surface area contributed by atoms with E-state index in [4.69, 9.17) is 5.73 Å². The van der Waals surface area contributed by atoms with E-state index in [9.17, 15) is 9.59 Å². The zero-order valence-electron chi connectivity index (χ0n) is 11.6. The van der Waals surface area contributed by atoms with Gasteiger partial charge in [0, 0.05) is 19.2 Å². The summed E-state index contributed by atoms with van der Waals surface area (Å²) in [6.45, 7) is 5.35. The van der Waals surface area contributed by atoms with E-state index in [1.54, 1.807) is 13.8 Å². The summed E-state index contributed by atoms with van der Waals surface area (Å²) in [5.74, 6) is -0.257. The molecule has 0 atom stereocenters. The second kappa shape index (κ2) is 6.33. The highest BCUT2D eigenvalue weighted by Crippen LogP contribution is 2.09. The summed E-state index contributed by atoms with van der Waals surface area (Å²) in [5, 5.41) is 5.49. The molecule has 0 aliphatic rings. The Kier molecular flexibility index (Phi) is 5.06. The molecular weight excluding hydrogens is 242 g/mol. The van der Waals surface area contributed by atoms with E-state index in [0.29, 0.717) is 6.54 Å². The fourth-order valence-electron chi connectivity index (χ4n) is 1.51. The molecule has 0 unspecified atom stereocenters. The smallest absolute Gasteiger partial charge is 0.239 e. The number of benzene rings is 1. The van der Waals surface area contributed by atoms with E-state index >= 15 is 0 Å². The van der Waals surface area contributed by atoms with Crippen LogP contribution in [0.15, 0.2) is 24.3 Å². The summed E-state index contributed by atoms with van der Waals surface area (Å²) in [5.41, 5.74) is 6.67. The van der Waals surface area contributed by atoms with Crippen LogP contribution in [-0.4, -0.2) is 23.9 Å². The van der Waals surface area contributed by atoms with Gasteiger partial charge in [-0.1, -0.05) is 12.1 Å². The molecule has 0 aromatic heterocycles. The molecule has 5 nitrogen and oxygen atoms in total. The molecule has 104 valence electrons. The lowest BCUT2D eigenvalue weighted by Gasteiger charge is -2.17. The number of amides is 2. The molecule has 1 aromatic carbocycles. The molecule has 0 saturated heterocycles. The van der Waals surface area contributed by atoms with E-state index in [-0.39, 0.29) is 11.8 Å². The van der Waals surface area contributed by atoms with Crippen molar-refractivity contribution in [1.82, 2.24) is 5.32 Å². The summed E-state index contributed by atoms with van der Waals surface area (Å²) in [6.07, 6.45) is 0.724. The third-order valence-electron chi connectivity index (χ3n) is 2.56. The van der Waals surface area contributed by atoms with Gasteiger partial charge >= 0.3 is 0 Å². The van der Waals surface area contributed by atoms with Gasteiger partial charge in [0.05, 0.1) is 5.54 Å². The van der Waals surface area contributed by atoms with Crippen LogP contribution in [0, 0.1) is 0 Å². The number of hydrogen-bond acceptors (Lipinski definition) is 3. The molecular formula is C14H21N3O2. The minimum absolute atomic E-state index is 0.0924. The van der Waals surface area contributed by atoms with Crippen LogP contribution in [-0.2, 0) is 16.0 Å². The first kappa shape index (κ1) is 15.2. The van der Waals surface area contributed by atoms with Gasteiger partial charge in [-0.05, 0) is 38.0 Å². The lowest BCUT2D eigenvalue weighted by Crippen LogP contribution is -2.49. The first-order valence-electron chi connectivity index (χ1n) is 6.23. The fraction of sp³-hybridized carbons (Fsp3) is 0.429. The number of carbonyl (C=O) groups is 2. The SMILES string of the molecule is CC(=O)Nc1ccc(CCNC(=O)C(C)(C)N)cc1. The fourth-order valence-corrected chi connectivity index (χ4v) is 1.51. The first-order chi connectivity index (χ1) is 8.79. The van der Waals surface area contributed by atoms with Crippen LogP contribution in [0.4, 0.5) is 5.69 Å². The standard InChI is InChI=1S/C14H21N3O2/c1-10(18)17-12-6-4-11(5-7-12)8-9-16-13(19)14(2,3)15/h4-7H,8-9,15H2,1-3H3,(H,16,19)(H,17,18). The Morgan fingerprint density at radius 2 is 1.79 bits per heavy atom. The Bertz CT molecular complexity index is 447. The molecule has 19 heavy (non-hydrogen) atoms. The Morgan fingerprint density at radius 1 is 1.21 bits per heavy atom. The van der Waals surface area contributed by atoms with E-state index in [0.717, 1.165) is 17.7 Å². The Hall–Kier alpha value is -1.88. The third-order valence-corrected chi connectivity index (χ3v) is 2.56. The van der Waals surface area contributed by atoms with Crippen LogP contribution >= 0.6 is 0 Å². The molecule has 1 rings (SSSR count). The molecule has 4 N–H and O–H groups in total. The van der Waals surface area contributed by atoms with Crippen LogP contribution < -0.4 is 16.4 Å². The summed E-state index contributed by atoms with van der Waals surface area (Å²) in [7, 11) is 0. The predicted octanol–water partition coefficient (Wildman–Crippen LogP) is 1.04. The number of nitrogens with two attached hydrogens (primary N) is 1. The summed E-state index contributed by atoms with van der Waals surface area (Å²) in [6, 6.07) is 7.52. The molecule has 0 bridgehead atoms. The van der Waals surface area contributed by atoms with Gasteiger partial charge in [-0.3, -0.25) is 9.59 Å². The van der Waals surface area contributed by atoms with Crippen molar-refractivity contribution < 1.29 is 9.59 Å². The van der Waals surface area contributed by atoms with Crippen LogP contribution in [0.5, 0.6) is 0 Å². The van der Waals surface area contributed by atoms with Gasteiger partial charge in [-0.2, -0.15) is 0 Å². The molecule has 0 radical (unpaired) electrons. The van der Waals surface area contributed by atoms with Crippen molar-refractivity contribution in [2.75, 3.05) is 11.9 Å². The topological polar surface area (TPSA) is 84.2 Å². The largest absolute Gasteiger partial charge is 0.354 e. The summed E-state index contributed by atoms with van der Waals surface area (Å²) in [4.78, 5) is 22.4. The highest BCUT2D eigenvalue weighted by atomic mass is 16.2. The van der Waals surface area contributed by atoms with Crippen LogP contribution in [0.2, 0.25) is 0 Å². The summed E-state index contributed by atoms with van der Waals surface area (Å²) >= 11 is 0. The quantitative estimate of drug-likeness (QED) is 0.742. The summed E-state index contributed by atoms with van der Waals surface area (Å²) < 4.78 is 0. The normalized spacial score (nSPS) is 10.9. The van der Waals surface area contributed by atoms with E-state index < -0.39 is 5.54 Å². The van der Waals surface area contributed by atoms with Crippen molar-refractivity contribution in [3.05, 3.63) is 29.8 Å². The van der Waals surface area contributed by atoms with Gasteiger partial charge in [0.25, 0.3) is 0 Å². The van der Waals surface area contributed by atoms with Crippen molar-refractivity contribution >= 4 is 17.5 Å². The Morgan fingerprint density at radius 3 is 2.26 bits per heavy atom. The number of carbonyl (C=O) groups excluding carboxylic acids is 2. The third kappa shape index (κ3) is 5.52. The molecule has 1 aromatic rings. The monoisotopic (exact) mass is 263 g/mol. The molecule has 5 heteroatoms. The average Bonchev–Trinajstić information content (AvgIpc) is 2.29. The Labute approximate surface area is 113 Å². The number of hydrogen-bond donors (Lipinski definition) is 3. The maximum absolute atomic E-state index is 11.5. The van der Waals surface area contributed by atoms with Gasteiger partial charge in [-0.15, -0.1) is 0 Å². The number of nitrogens with one attached hydrogen (secondary N) is 2. The molecule has 0 aliphatic carbocycles. The van der Waals surface area contributed by atoms with Crippen LogP contribution in [0.1, 0.15) is 26.3 Å². The van der Waals surface area contributed by atoms with Crippen molar-refractivity contribution in [3.63, 3.8) is 0 Å². The van der Waals surface area contributed by atoms with Crippen LogP contribution in [0.25, 0.3) is 0 Å². The van der Waals surface area contributed by atoms with E-state index in [1.165, 1.54) is 6.92 Å². The first-order valence-corrected chi connectivity index (χ1v) is 6.23. The second-order valence-corrected chi connectivity index (χ2v) is 5.11. The van der Waals surface area contributed by atoms with Crippen LogP contribution in [0.3, 0.4) is 0 Å². The van der Waals surface area contributed by atoms with Gasteiger partial charge in [0.2, 0.25) is 11.8 Å². The zero-order valence-corrected chi connectivity index (χ0v) is 11.6. The van der Waals surface area contributed by atoms with Gasteiger partial charge in [0.1, 0.15) is 0 Å². The maximum atomic E-state index is 11.5. The molecule has 2 amide bonds. The molecule has 0 heterocycles. The molecule has 0 fully saturated rings. The lowest BCUT2D eigenvalue weighted by atomic mass is 10.1. The molecule has 0 saturated carbocycles. The van der Waals surface area contributed by atoms with Crippen molar-refractivity contribution in [2.45, 2.75) is 32.7 Å². The van der Waals surface area contributed by atoms with Crippen molar-refractivity contribution in [1.29, 1.82) is 0 Å². The Balaban J connectivity index is 2.42. The van der Waals surface area contributed by atoms with Gasteiger partial charge in [-0.25, -0.2) is 0 Å². The van der Waals surface area contributed by atoms with E-state index in [1.807, 2.05) is 24.3 Å². The zero-order chi connectivity index (χ0) is 14.5. The van der Waals surface area contributed by atoms with Gasteiger partial charge in [0.15, 0.2) is 0 Å². The minimum Gasteiger partial charge on any atom is -0.354 e.